The lowest BCUT2D eigenvalue weighted by atomic mass is 9.88. The second kappa shape index (κ2) is 5.90. The van der Waals surface area contributed by atoms with Crippen LogP contribution in [-0.4, -0.2) is 11.1 Å². The Balaban J connectivity index is 2.82. The SMILES string of the molecule is CC(C)CC(CC(=O)O)c1ccc(Cl)cc1. The molecule has 1 unspecified atom stereocenters. The zero-order valence-corrected chi connectivity index (χ0v) is 10.4. The normalized spacial score (nSPS) is 12.8. The summed E-state index contributed by atoms with van der Waals surface area (Å²) in [4.78, 5) is 10.8. The summed E-state index contributed by atoms with van der Waals surface area (Å²) in [5.41, 5.74) is 1.06. The van der Waals surface area contributed by atoms with Gasteiger partial charge >= 0.3 is 5.97 Å². The number of carboxylic acid groups (broad SMARTS) is 1. The molecule has 0 aliphatic rings. The Morgan fingerprint density at radius 1 is 1.31 bits per heavy atom. The minimum Gasteiger partial charge on any atom is -0.481 e. The standard InChI is InChI=1S/C13H17ClO2/c1-9(2)7-11(8-13(15)16)10-3-5-12(14)6-4-10/h3-6,9,11H,7-8H2,1-2H3,(H,15,16). The zero-order chi connectivity index (χ0) is 12.1. The van der Waals surface area contributed by atoms with E-state index in [1.165, 1.54) is 0 Å². The Labute approximate surface area is 101 Å². The Bertz CT molecular complexity index is 343. The number of carboxylic acids is 1. The maximum absolute atomic E-state index is 10.8. The molecule has 0 bridgehead atoms. The van der Waals surface area contributed by atoms with Crippen LogP contribution in [0.4, 0.5) is 0 Å². The van der Waals surface area contributed by atoms with Crippen molar-refractivity contribution in [3.05, 3.63) is 34.9 Å². The van der Waals surface area contributed by atoms with Crippen molar-refractivity contribution >= 4 is 17.6 Å². The van der Waals surface area contributed by atoms with E-state index in [2.05, 4.69) is 13.8 Å². The van der Waals surface area contributed by atoms with E-state index < -0.39 is 5.97 Å². The van der Waals surface area contributed by atoms with Crippen molar-refractivity contribution in [1.29, 1.82) is 0 Å². The van der Waals surface area contributed by atoms with E-state index >= 15 is 0 Å². The predicted octanol–water partition coefficient (Wildman–Crippen LogP) is 3.94. The van der Waals surface area contributed by atoms with Gasteiger partial charge in [0.2, 0.25) is 0 Å². The van der Waals surface area contributed by atoms with Crippen LogP contribution in [0.2, 0.25) is 5.02 Å². The van der Waals surface area contributed by atoms with E-state index in [4.69, 9.17) is 16.7 Å². The van der Waals surface area contributed by atoms with Gasteiger partial charge in [0.05, 0.1) is 6.42 Å². The monoisotopic (exact) mass is 240 g/mol. The van der Waals surface area contributed by atoms with Crippen molar-refractivity contribution in [2.45, 2.75) is 32.6 Å². The molecule has 0 amide bonds. The second-order valence-electron chi connectivity index (χ2n) is 4.48. The fourth-order valence-electron chi connectivity index (χ4n) is 1.85. The number of carbonyl (C=O) groups is 1. The Morgan fingerprint density at radius 2 is 1.88 bits per heavy atom. The van der Waals surface area contributed by atoms with Crippen molar-refractivity contribution in [3.63, 3.8) is 0 Å². The summed E-state index contributed by atoms with van der Waals surface area (Å²) >= 11 is 5.81. The minimum atomic E-state index is -0.749. The van der Waals surface area contributed by atoms with Crippen LogP contribution in [0.5, 0.6) is 0 Å². The molecule has 1 atom stereocenters. The first-order chi connectivity index (χ1) is 7.49. The van der Waals surface area contributed by atoms with Crippen LogP contribution in [-0.2, 0) is 4.79 Å². The lowest BCUT2D eigenvalue weighted by molar-refractivity contribution is -0.137. The molecule has 1 aromatic rings. The van der Waals surface area contributed by atoms with Crippen molar-refractivity contribution < 1.29 is 9.90 Å². The summed E-state index contributed by atoms with van der Waals surface area (Å²) in [5.74, 6) is -0.185. The van der Waals surface area contributed by atoms with Crippen LogP contribution in [0.15, 0.2) is 24.3 Å². The fourth-order valence-corrected chi connectivity index (χ4v) is 1.98. The fraction of sp³-hybridized carbons (Fsp3) is 0.462. The number of hydrogen-bond acceptors (Lipinski definition) is 1. The molecule has 0 fully saturated rings. The van der Waals surface area contributed by atoms with Crippen molar-refractivity contribution in [2.75, 3.05) is 0 Å². The highest BCUT2D eigenvalue weighted by Gasteiger charge is 2.16. The van der Waals surface area contributed by atoms with Gasteiger partial charge in [-0.1, -0.05) is 37.6 Å². The Morgan fingerprint density at radius 3 is 2.31 bits per heavy atom. The first-order valence-electron chi connectivity index (χ1n) is 5.46. The van der Waals surface area contributed by atoms with Crippen molar-refractivity contribution in [3.8, 4) is 0 Å². The predicted molar refractivity (Wildman–Crippen MR) is 65.9 cm³/mol. The lowest BCUT2D eigenvalue weighted by Crippen LogP contribution is -2.09. The Kier molecular flexibility index (Phi) is 4.81. The van der Waals surface area contributed by atoms with E-state index in [0.717, 1.165) is 12.0 Å². The van der Waals surface area contributed by atoms with Gasteiger partial charge in [-0.25, -0.2) is 0 Å². The molecule has 0 heterocycles. The zero-order valence-electron chi connectivity index (χ0n) is 9.61. The molecule has 1 N–H and O–H groups in total. The van der Waals surface area contributed by atoms with Crippen molar-refractivity contribution in [2.24, 2.45) is 5.92 Å². The average Bonchev–Trinajstić information content (AvgIpc) is 2.16. The number of hydrogen-bond donors (Lipinski definition) is 1. The minimum absolute atomic E-state index is 0.0785. The summed E-state index contributed by atoms with van der Waals surface area (Å²) in [7, 11) is 0. The van der Waals surface area contributed by atoms with Gasteiger partial charge in [0.25, 0.3) is 0 Å². The molecule has 0 aliphatic carbocycles. The largest absolute Gasteiger partial charge is 0.481 e. The molecular weight excluding hydrogens is 224 g/mol. The summed E-state index contributed by atoms with van der Waals surface area (Å²) in [6.07, 6.45) is 1.06. The van der Waals surface area contributed by atoms with Crippen LogP contribution >= 0.6 is 11.6 Å². The summed E-state index contributed by atoms with van der Waals surface area (Å²) in [5, 5.41) is 9.57. The van der Waals surface area contributed by atoms with Crippen LogP contribution in [0.1, 0.15) is 38.2 Å². The first-order valence-corrected chi connectivity index (χ1v) is 5.84. The first kappa shape index (κ1) is 13.0. The van der Waals surface area contributed by atoms with E-state index in [-0.39, 0.29) is 12.3 Å². The average molecular weight is 241 g/mol. The van der Waals surface area contributed by atoms with Crippen LogP contribution < -0.4 is 0 Å². The van der Waals surface area contributed by atoms with Gasteiger partial charge in [-0.15, -0.1) is 0 Å². The maximum atomic E-state index is 10.8. The molecule has 0 saturated heterocycles. The molecule has 0 radical (unpaired) electrons. The van der Waals surface area contributed by atoms with Gasteiger partial charge in [0.15, 0.2) is 0 Å². The smallest absolute Gasteiger partial charge is 0.303 e. The highest BCUT2D eigenvalue weighted by Crippen LogP contribution is 2.28. The van der Waals surface area contributed by atoms with Gasteiger partial charge < -0.3 is 5.11 Å². The summed E-state index contributed by atoms with van der Waals surface area (Å²) in [6.45, 7) is 4.20. The summed E-state index contributed by atoms with van der Waals surface area (Å²) in [6, 6.07) is 7.45. The van der Waals surface area contributed by atoms with Crippen molar-refractivity contribution in [1.82, 2.24) is 0 Å². The molecule has 0 aromatic heterocycles. The topological polar surface area (TPSA) is 37.3 Å². The molecule has 0 saturated carbocycles. The molecule has 0 aliphatic heterocycles. The van der Waals surface area contributed by atoms with Gasteiger partial charge in [-0.3, -0.25) is 4.79 Å². The van der Waals surface area contributed by atoms with Crippen LogP contribution in [0.3, 0.4) is 0 Å². The molecule has 0 spiro atoms. The van der Waals surface area contributed by atoms with Gasteiger partial charge in [0.1, 0.15) is 0 Å². The number of halogens is 1. The number of benzene rings is 1. The molecular formula is C13H17ClO2. The Hall–Kier alpha value is -1.02. The molecule has 3 heteroatoms. The van der Waals surface area contributed by atoms with E-state index in [0.29, 0.717) is 10.9 Å². The van der Waals surface area contributed by atoms with Gasteiger partial charge in [0, 0.05) is 5.02 Å². The summed E-state index contributed by atoms with van der Waals surface area (Å²) < 4.78 is 0. The van der Waals surface area contributed by atoms with Crippen LogP contribution in [0.25, 0.3) is 0 Å². The molecule has 88 valence electrons. The second-order valence-corrected chi connectivity index (χ2v) is 4.91. The highest BCUT2D eigenvalue weighted by molar-refractivity contribution is 6.30. The van der Waals surface area contributed by atoms with E-state index in [1.807, 2.05) is 24.3 Å². The third-order valence-corrected chi connectivity index (χ3v) is 2.77. The van der Waals surface area contributed by atoms with Gasteiger partial charge in [-0.05, 0) is 36.0 Å². The molecule has 16 heavy (non-hydrogen) atoms. The molecule has 1 aromatic carbocycles. The number of rotatable bonds is 5. The van der Waals surface area contributed by atoms with Gasteiger partial charge in [-0.2, -0.15) is 0 Å². The van der Waals surface area contributed by atoms with E-state index in [1.54, 1.807) is 0 Å². The van der Waals surface area contributed by atoms with Crippen LogP contribution in [0, 0.1) is 5.92 Å². The third kappa shape index (κ3) is 4.23. The number of aliphatic carboxylic acids is 1. The quantitative estimate of drug-likeness (QED) is 0.846. The third-order valence-electron chi connectivity index (χ3n) is 2.52. The molecule has 2 nitrogen and oxygen atoms in total. The molecule has 1 rings (SSSR count). The lowest BCUT2D eigenvalue weighted by Gasteiger charge is -2.17. The van der Waals surface area contributed by atoms with E-state index in [9.17, 15) is 4.79 Å². The highest BCUT2D eigenvalue weighted by atomic mass is 35.5. The maximum Gasteiger partial charge on any atom is 0.303 e.